The summed E-state index contributed by atoms with van der Waals surface area (Å²) in [7, 11) is 0. The first-order chi connectivity index (χ1) is 11.6. The summed E-state index contributed by atoms with van der Waals surface area (Å²) in [6.45, 7) is 3.93. The molecule has 1 aliphatic heterocycles. The maximum absolute atomic E-state index is 12.5. The molecule has 0 saturated carbocycles. The van der Waals surface area contributed by atoms with Gasteiger partial charge in [0.05, 0.1) is 0 Å². The molecule has 0 N–H and O–H groups in total. The van der Waals surface area contributed by atoms with Gasteiger partial charge in [-0.05, 0) is 18.9 Å². The number of aryl methyl sites for hydroxylation is 2. The second-order valence-corrected chi connectivity index (χ2v) is 7.09. The molecule has 0 radical (unpaired) electrons. The van der Waals surface area contributed by atoms with E-state index in [9.17, 15) is 9.59 Å². The van der Waals surface area contributed by atoms with E-state index in [0.717, 1.165) is 31.0 Å². The van der Waals surface area contributed by atoms with Gasteiger partial charge in [-0.25, -0.2) is 9.48 Å². The number of benzene rings is 1. The number of hydrogen-bond donors (Lipinski definition) is 0. The van der Waals surface area contributed by atoms with Crippen molar-refractivity contribution < 1.29 is 4.79 Å². The van der Waals surface area contributed by atoms with Gasteiger partial charge in [0.15, 0.2) is 0 Å². The standard InChI is InChI=1S/C17H22N4O2S/c1-14-18-21(13-16(22)19-9-11-24-12-10-19)17(23)20(14)8-7-15-5-3-2-4-6-15/h2-6H,7-13H2,1H3. The minimum Gasteiger partial charge on any atom is -0.339 e. The first-order valence-corrected chi connectivity index (χ1v) is 9.34. The van der Waals surface area contributed by atoms with Crippen molar-refractivity contribution in [1.82, 2.24) is 19.2 Å². The maximum atomic E-state index is 12.5. The Balaban J connectivity index is 1.67. The van der Waals surface area contributed by atoms with Gasteiger partial charge < -0.3 is 4.90 Å². The quantitative estimate of drug-likeness (QED) is 0.815. The van der Waals surface area contributed by atoms with Crippen LogP contribution in [-0.2, 0) is 24.3 Å². The highest BCUT2D eigenvalue weighted by molar-refractivity contribution is 7.99. The zero-order valence-corrected chi connectivity index (χ0v) is 14.7. The largest absolute Gasteiger partial charge is 0.346 e. The van der Waals surface area contributed by atoms with E-state index in [-0.39, 0.29) is 18.1 Å². The normalized spacial score (nSPS) is 14.8. The number of thioether (sulfide) groups is 1. The summed E-state index contributed by atoms with van der Waals surface area (Å²) in [5.74, 6) is 2.55. The van der Waals surface area contributed by atoms with E-state index in [2.05, 4.69) is 5.10 Å². The molecule has 2 aromatic rings. The Morgan fingerprint density at radius 3 is 2.62 bits per heavy atom. The molecule has 0 atom stereocenters. The molecule has 3 rings (SSSR count). The highest BCUT2D eigenvalue weighted by Gasteiger charge is 2.19. The van der Waals surface area contributed by atoms with E-state index in [1.165, 1.54) is 10.2 Å². The van der Waals surface area contributed by atoms with Crippen molar-refractivity contribution in [2.75, 3.05) is 24.6 Å². The molecule has 1 aliphatic rings. The second kappa shape index (κ2) is 7.70. The van der Waals surface area contributed by atoms with Crippen LogP contribution in [0.25, 0.3) is 0 Å². The van der Waals surface area contributed by atoms with Gasteiger partial charge in [-0.3, -0.25) is 9.36 Å². The van der Waals surface area contributed by atoms with Gasteiger partial charge in [0.25, 0.3) is 0 Å². The summed E-state index contributed by atoms with van der Waals surface area (Å²) < 4.78 is 2.94. The van der Waals surface area contributed by atoms with Crippen LogP contribution < -0.4 is 5.69 Å². The van der Waals surface area contributed by atoms with Gasteiger partial charge in [0.1, 0.15) is 12.4 Å². The van der Waals surface area contributed by atoms with E-state index in [1.807, 2.05) is 53.9 Å². The number of hydrogen-bond acceptors (Lipinski definition) is 4. The van der Waals surface area contributed by atoms with Gasteiger partial charge >= 0.3 is 5.69 Å². The van der Waals surface area contributed by atoms with Crippen LogP contribution in [0.1, 0.15) is 11.4 Å². The molecular weight excluding hydrogens is 324 g/mol. The molecule has 0 spiro atoms. The number of carbonyl (C=O) groups is 1. The monoisotopic (exact) mass is 346 g/mol. The molecule has 0 aliphatic carbocycles. The van der Waals surface area contributed by atoms with Gasteiger partial charge in [-0.1, -0.05) is 30.3 Å². The smallest absolute Gasteiger partial charge is 0.339 e. The molecule has 1 saturated heterocycles. The Hall–Kier alpha value is -2.02. The fraction of sp³-hybridized carbons (Fsp3) is 0.471. The number of rotatable bonds is 5. The highest BCUT2D eigenvalue weighted by atomic mass is 32.2. The summed E-state index contributed by atoms with van der Waals surface area (Å²) in [6.07, 6.45) is 0.768. The van der Waals surface area contributed by atoms with Crippen molar-refractivity contribution in [2.24, 2.45) is 0 Å². The second-order valence-electron chi connectivity index (χ2n) is 5.87. The Bertz CT molecular complexity index is 748. The van der Waals surface area contributed by atoms with E-state index < -0.39 is 0 Å². The van der Waals surface area contributed by atoms with Crippen LogP contribution in [0.4, 0.5) is 0 Å². The van der Waals surface area contributed by atoms with Gasteiger partial charge in [-0.15, -0.1) is 0 Å². The van der Waals surface area contributed by atoms with Gasteiger partial charge in [0.2, 0.25) is 5.91 Å². The van der Waals surface area contributed by atoms with Crippen LogP contribution in [-0.4, -0.2) is 49.7 Å². The number of nitrogens with zero attached hydrogens (tertiary/aromatic N) is 4. The Morgan fingerprint density at radius 2 is 1.92 bits per heavy atom. The first-order valence-electron chi connectivity index (χ1n) is 8.19. The SMILES string of the molecule is Cc1nn(CC(=O)N2CCSCC2)c(=O)n1CCc1ccccc1. The third kappa shape index (κ3) is 3.90. The lowest BCUT2D eigenvalue weighted by Gasteiger charge is -2.26. The average molecular weight is 346 g/mol. The fourth-order valence-electron chi connectivity index (χ4n) is 2.84. The zero-order valence-electron chi connectivity index (χ0n) is 13.9. The molecule has 1 amide bonds. The summed E-state index contributed by atoms with van der Waals surface area (Å²) in [4.78, 5) is 26.7. The van der Waals surface area contributed by atoms with Crippen LogP contribution in [0, 0.1) is 6.92 Å². The van der Waals surface area contributed by atoms with Crippen LogP contribution in [0.2, 0.25) is 0 Å². The topological polar surface area (TPSA) is 60.1 Å². The first kappa shape index (κ1) is 16.8. The van der Waals surface area contributed by atoms with Crippen LogP contribution >= 0.6 is 11.8 Å². The van der Waals surface area contributed by atoms with Crippen molar-refractivity contribution in [3.8, 4) is 0 Å². The molecule has 0 unspecified atom stereocenters. The van der Waals surface area contributed by atoms with Gasteiger partial charge in [-0.2, -0.15) is 16.9 Å². The van der Waals surface area contributed by atoms with Crippen molar-refractivity contribution in [3.05, 3.63) is 52.2 Å². The van der Waals surface area contributed by atoms with Crippen molar-refractivity contribution >= 4 is 17.7 Å². The lowest BCUT2D eigenvalue weighted by Crippen LogP contribution is -2.41. The summed E-state index contributed by atoms with van der Waals surface area (Å²) in [5.41, 5.74) is 0.974. The molecule has 0 bridgehead atoms. The van der Waals surface area contributed by atoms with E-state index in [0.29, 0.717) is 12.4 Å². The van der Waals surface area contributed by atoms with Crippen molar-refractivity contribution in [1.29, 1.82) is 0 Å². The van der Waals surface area contributed by atoms with Crippen LogP contribution in [0.5, 0.6) is 0 Å². The molecular formula is C17H22N4O2S. The average Bonchev–Trinajstić information content (AvgIpc) is 2.88. The van der Waals surface area contributed by atoms with E-state index >= 15 is 0 Å². The third-order valence-corrected chi connectivity index (χ3v) is 5.17. The maximum Gasteiger partial charge on any atom is 0.346 e. The Morgan fingerprint density at radius 1 is 1.21 bits per heavy atom. The van der Waals surface area contributed by atoms with Crippen molar-refractivity contribution in [3.63, 3.8) is 0 Å². The highest BCUT2D eigenvalue weighted by Crippen LogP contribution is 2.09. The molecule has 24 heavy (non-hydrogen) atoms. The Kier molecular flexibility index (Phi) is 5.40. The molecule has 2 heterocycles. The molecule has 1 aromatic heterocycles. The molecule has 7 heteroatoms. The Labute approximate surface area is 145 Å². The van der Waals surface area contributed by atoms with Crippen LogP contribution in [0.3, 0.4) is 0 Å². The number of aromatic nitrogens is 3. The fourth-order valence-corrected chi connectivity index (χ4v) is 3.74. The number of carbonyl (C=O) groups excluding carboxylic acids is 1. The minimum atomic E-state index is -0.205. The lowest BCUT2D eigenvalue weighted by molar-refractivity contribution is -0.131. The molecule has 6 nitrogen and oxygen atoms in total. The zero-order chi connectivity index (χ0) is 16.9. The third-order valence-electron chi connectivity index (χ3n) is 4.22. The van der Waals surface area contributed by atoms with E-state index in [4.69, 9.17) is 0 Å². The van der Waals surface area contributed by atoms with Crippen LogP contribution in [0.15, 0.2) is 35.1 Å². The predicted molar refractivity (Wildman–Crippen MR) is 95.3 cm³/mol. The summed E-state index contributed by atoms with van der Waals surface area (Å²) in [6, 6.07) is 10.0. The minimum absolute atomic E-state index is 0.0230. The number of amides is 1. The van der Waals surface area contributed by atoms with Gasteiger partial charge in [0, 0.05) is 31.1 Å². The summed E-state index contributed by atoms with van der Waals surface area (Å²) >= 11 is 1.85. The van der Waals surface area contributed by atoms with Crippen molar-refractivity contribution in [2.45, 2.75) is 26.4 Å². The van der Waals surface area contributed by atoms with E-state index in [1.54, 1.807) is 4.57 Å². The lowest BCUT2D eigenvalue weighted by atomic mass is 10.1. The molecule has 1 fully saturated rings. The summed E-state index contributed by atoms with van der Waals surface area (Å²) in [5, 5.41) is 4.27. The molecule has 128 valence electrons. The predicted octanol–water partition coefficient (Wildman–Crippen LogP) is 1.17. The molecule has 1 aromatic carbocycles.